The van der Waals surface area contributed by atoms with Gasteiger partial charge in [0.2, 0.25) is 0 Å². The van der Waals surface area contributed by atoms with Crippen molar-refractivity contribution in [3.05, 3.63) is 101 Å². The summed E-state index contributed by atoms with van der Waals surface area (Å²) in [7, 11) is 0. The van der Waals surface area contributed by atoms with Gasteiger partial charge >= 0.3 is 0 Å². The zero-order valence-electron chi connectivity index (χ0n) is 21.5. The van der Waals surface area contributed by atoms with Crippen molar-refractivity contribution in [1.29, 1.82) is 0 Å². The first-order chi connectivity index (χ1) is 18.8. The lowest BCUT2D eigenvalue weighted by atomic mass is 9.90. The fourth-order valence-electron chi connectivity index (χ4n) is 5.05. The van der Waals surface area contributed by atoms with E-state index >= 15 is 0 Å². The van der Waals surface area contributed by atoms with Gasteiger partial charge in [-0.3, -0.25) is 19.5 Å². The van der Waals surface area contributed by atoms with Crippen LogP contribution in [-0.2, 0) is 17.9 Å². The van der Waals surface area contributed by atoms with Crippen LogP contribution in [-0.4, -0.2) is 58.8 Å². The Labute approximate surface area is 225 Å². The Kier molecular flexibility index (Phi) is 8.38. The number of carbonyl (C=O) groups is 2. The molecule has 6 nitrogen and oxygen atoms in total. The molecule has 39 heavy (non-hydrogen) atoms. The quantitative estimate of drug-likeness (QED) is 0.359. The van der Waals surface area contributed by atoms with E-state index < -0.39 is 11.6 Å². The minimum Gasteiger partial charge on any atom is -0.370 e. The minimum absolute atomic E-state index is 0.0575. The summed E-state index contributed by atoms with van der Waals surface area (Å²) >= 11 is 0. The zero-order chi connectivity index (χ0) is 27.4. The third-order valence-electron chi connectivity index (χ3n) is 7.34. The number of aromatic nitrogens is 1. The van der Waals surface area contributed by atoms with Gasteiger partial charge in [-0.2, -0.15) is 0 Å². The highest BCUT2D eigenvalue weighted by atomic mass is 19.1. The summed E-state index contributed by atoms with van der Waals surface area (Å²) in [6.45, 7) is 3.27. The number of pyridine rings is 1. The molecule has 204 valence electrons. The monoisotopic (exact) mass is 537 g/mol. The number of benzene rings is 2. The Morgan fingerprint density at radius 3 is 2.21 bits per heavy atom. The van der Waals surface area contributed by atoms with E-state index in [4.69, 9.17) is 4.74 Å². The molecule has 2 aromatic carbocycles. The van der Waals surface area contributed by atoms with E-state index in [2.05, 4.69) is 9.88 Å². The molecule has 5 rings (SSSR count). The Morgan fingerprint density at radius 1 is 0.872 bits per heavy atom. The topological polar surface area (TPSA) is 62.7 Å². The maximum Gasteiger partial charge on any atom is 0.255 e. The van der Waals surface area contributed by atoms with Gasteiger partial charge in [0.25, 0.3) is 5.91 Å². The number of amides is 1. The number of Topliss-reactive ketones (excluding diaryl/α,β-unsaturated/α-hetero) is 1. The highest BCUT2D eigenvalue weighted by Gasteiger charge is 2.32. The van der Waals surface area contributed by atoms with Crippen LogP contribution in [0, 0.1) is 23.4 Å². The Hall–Kier alpha value is -3.56. The van der Waals surface area contributed by atoms with Crippen LogP contribution >= 0.6 is 0 Å². The molecule has 0 radical (unpaired) electrons. The molecule has 3 heterocycles. The van der Waals surface area contributed by atoms with Crippen LogP contribution in [0.1, 0.15) is 51.2 Å². The molecule has 2 aliphatic heterocycles. The predicted octanol–water partition coefficient (Wildman–Crippen LogP) is 5.03. The minimum atomic E-state index is -0.577. The molecule has 0 N–H and O–H groups in total. The highest BCUT2D eigenvalue weighted by molar-refractivity contribution is 5.97. The molecule has 2 aliphatic rings. The van der Waals surface area contributed by atoms with Crippen molar-refractivity contribution in [2.45, 2.75) is 38.5 Å². The van der Waals surface area contributed by atoms with Gasteiger partial charge in [-0.15, -0.1) is 0 Å². The number of halogens is 3. The van der Waals surface area contributed by atoms with Crippen LogP contribution in [0.2, 0.25) is 0 Å². The van der Waals surface area contributed by atoms with Crippen LogP contribution in [0.5, 0.6) is 0 Å². The Morgan fingerprint density at radius 2 is 1.56 bits per heavy atom. The van der Waals surface area contributed by atoms with Crippen molar-refractivity contribution < 1.29 is 27.5 Å². The van der Waals surface area contributed by atoms with Crippen LogP contribution in [0.4, 0.5) is 13.2 Å². The number of rotatable bonds is 9. The van der Waals surface area contributed by atoms with E-state index in [1.165, 1.54) is 30.5 Å². The summed E-state index contributed by atoms with van der Waals surface area (Å²) in [5.74, 6) is -1.44. The van der Waals surface area contributed by atoms with Gasteiger partial charge in [0.05, 0.1) is 18.3 Å². The Balaban J connectivity index is 1.04. The summed E-state index contributed by atoms with van der Waals surface area (Å²) in [5.41, 5.74) is 2.24. The zero-order valence-corrected chi connectivity index (χ0v) is 21.5. The lowest BCUT2D eigenvalue weighted by Gasteiger charge is -2.38. The maximum absolute atomic E-state index is 13.4. The first-order valence-electron chi connectivity index (χ1n) is 13.1. The van der Waals surface area contributed by atoms with Gasteiger partial charge in [0.1, 0.15) is 23.1 Å². The van der Waals surface area contributed by atoms with Gasteiger partial charge in [-0.05, 0) is 79.4 Å². The average Bonchev–Trinajstić information content (AvgIpc) is 2.89. The van der Waals surface area contributed by atoms with E-state index in [0.717, 1.165) is 37.6 Å². The van der Waals surface area contributed by atoms with Gasteiger partial charge in [0, 0.05) is 38.3 Å². The molecule has 1 amide bonds. The molecule has 0 aliphatic carbocycles. The predicted molar refractivity (Wildman–Crippen MR) is 138 cm³/mol. The summed E-state index contributed by atoms with van der Waals surface area (Å²) in [6.07, 6.45) is 3.39. The van der Waals surface area contributed by atoms with Gasteiger partial charge in [-0.25, -0.2) is 13.2 Å². The van der Waals surface area contributed by atoms with Gasteiger partial charge < -0.3 is 9.64 Å². The Bertz CT molecular complexity index is 1280. The molecular formula is C30H30F3N3O3. The van der Waals surface area contributed by atoms with Crippen LogP contribution in [0.3, 0.4) is 0 Å². The number of piperidine rings is 1. The first-order valence-corrected chi connectivity index (χ1v) is 13.1. The lowest BCUT2D eigenvalue weighted by molar-refractivity contribution is -0.0503. The van der Waals surface area contributed by atoms with E-state index in [9.17, 15) is 22.8 Å². The van der Waals surface area contributed by atoms with E-state index in [1.807, 2.05) is 0 Å². The van der Waals surface area contributed by atoms with Crippen LogP contribution < -0.4 is 0 Å². The average molecular weight is 538 g/mol. The second kappa shape index (κ2) is 12.1. The first kappa shape index (κ1) is 27.0. The third kappa shape index (κ3) is 7.10. The van der Waals surface area contributed by atoms with Crippen molar-refractivity contribution in [3.63, 3.8) is 0 Å². The van der Waals surface area contributed by atoms with Crippen molar-refractivity contribution in [2.24, 2.45) is 5.92 Å². The van der Waals surface area contributed by atoms with Crippen LogP contribution in [0.25, 0.3) is 0 Å². The molecular weight excluding hydrogens is 507 g/mol. The second-order valence-electron chi connectivity index (χ2n) is 10.3. The van der Waals surface area contributed by atoms with Crippen molar-refractivity contribution in [1.82, 2.24) is 14.8 Å². The normalized spacial score (nSPS) is 16.7. The van der Waals surface area contributed by atoms with Crippen LogP contribution in [0.15, 0.2) is 60.8 Å². The van der Waals surface area contributed by atoms with Crippen molar-refractivity contribution >= 4 is 11.7 Å². The third-order valence-corrected chi connectivity index (χ3v) is 7.34. The molecule has 0 atom stereocenters. The summed E-state index contributed by atoms with van der Waals surface area (Å²) < 4.78 is 45.7. The standard InChI is InChI=1S/C30H30F3N3O3/c31-24-4-1-21(2-5-24)19-39-27-17-36(18-27)30(38)23-3-6-28(34-15-23)29(37)13-20-7-9-35(10-8-20)16-22-11-25(32)14-26(33)12-22/h1-6,11-12,14-15,20,27H,7-10,13,16-19H2. The molecule has 9 heteroatoms. The number of likely N-dealkylation sites (tertiary alicyclic amines) is 2. The largest absolute Gasteiger partial charge is 0.370 e. The van der Waals surface area contributed by atoms with E-state index in [0.29, 0.717) is 49.5 Å². The van der Waals surface area contributed by atoms with Crippen molar-refractivity contribution in [3.8, 4) is 0 Å². The van der Waals surface area contributed by atoms with Crippen molar-refractivity contribution in [2.75, 3.05) is 26.2 Å². The smallest absolute Gasteiger partial charge is 0.255 e. The maximum atomic E-state index is 13.4. The summed E-state index contributed by atoms with van der Waals surface area (Å²) in [4.78, 5) is 33.6. The highest BCUT2D eigenvalue weighted by Crippen LogP contribution is 2.24. The summed E-state index contributed by atoms with van der Waals surface area (Å²) in [5, 5.41) is 0. The molecule has 0 unspecified atom stereocenters. The lowest BCUT2D eigenvalue weighted by Crippen LogP contribution is -2.54. The molecule has 1 aromatic heterocycles. The molecule has 0 spiro atoms. The number of nitrogens with zero attached hydrogens (tertiary/aromatic N) is 3. The second-order valence-corrected chi connectivity index (χ2v) is 10.3. The SMILES string of the molecule is O=C(CC1CCN(Cc2cc(F)cc(F)c2)CC1)c1ccc(C(=O)N2CC(OCc3ccc(F)cc3)C2)cn1. The van der Waals surface area contributed by atoms with E-state index in [1.54, 1.807) is 29.2 Å². The van der Waals surface area contributed by atoms with Gasteiger partial charge in [0.15, 0.2) is 5.78 Å². The molecule has 2 saturated heterocycles. The number of carbonyl (C=O) groups excluding carboxylic acids is 2. The number of ether oxygens (including phenoxy) is 1. The van der Waals surface area contributed by atoms with E-state index in [-0.39, 0.29) is 29.5 Å². The fraction of sp³-hybridized carbons (Fsp3) is 0.367. The number of hydrogen-bond acceptors (Lipinski definition) is 5. The van der Waals surface area contributed by atoms with Gasteiger partial charge in [-0.1, -0.05) is 12.1 Å². The molecule has 2 fully saturated rings. The molecule has 0 bridgehead atoms. The molecule has 0 saturated carbocycles. The number of ketones is 1. The summed E-state index contributed by atoms with van der Waals surface area (Å²) in [6, 6.07) is 12.9. The molecule has 3 aromatic rings. The number of hydrogen-bond donors (Lipinski definition) is 0. The fourth-order valence-corrected chi connectivity index (χ4v) is 5.05.